The van der Waals surface area contributed by atoms with E-state index in [0.717, 1.165) is 19.5 Å². The maximum atomic E-state index is 12.4. The first-order valence-corrected chi connectivity index (χ1v) is 8.26. The predicted octanol–water partition coefficient (Wildman–Crippen LogP) is 1.86. The van der Waals surface area contributed by atoms with Gasteiger partial charge < -0.3 is 10.1 Å². The monoisotopic (exact) mass is 330 g/mol. The number of carbonyl (C=O) groups is 1. The summed E-state index contributed by atoms with van der Waals surface area (Å²) in [5.74, 6) is 0.187. The summed E-state index contributed by atoms with van der Waals surface area (Å²) in [7, 11) is 0. The number of carbonyl (C=O) groups excluding carboxylic acids is 1. The Morgan fingerprint density at radius 3 is 2.96 bits per heavy atom. The first-order chi connectivity index (χ1) is 11.8. The number of hydrogen-bond donors (Lipinski definition) is 1. The van der Waals surface area contributed by atoms with Crippen LogP contribution in [0.4, 0.5) is 5.82 Å². The van der Waals surface area contributed by atoms with Gasteiger partial charge in [-0.25, -0.2) is 4.63 Å². The number of morpholine rings is 1. The third-order valence-corrected chi connectivity index (χ3v) is 3.98. The van der Waals surface area contributed by atoms with Gasteiger partial charge in [0.1, 0.15) is 11.8 Å². The van der Waals surface area contributed by atoms with Gasteiger partial charge in [0.2, 0.25) is 5.82 Å². The summed E-state index contributed by atoms with van der Waals surface area (Å²) < 4.78 is 10.3. The number of hydrogen-bond acceptors (Lipinski definition) is 6. The van der Waals surface area contributed by atoms with Crippen LogP contribution in [0.25, 0.3) is 0 Å². The summed E-state index contributed by atoms with van der Waals surface area (Å²) in [4.78, 5) is 14.7. The number of ether oxygens (including phenoxy) is 1. The van der Waals surface area contributed by atoms with E-state index in [1.807, 2.05) is 25.1 Å². The number of benzene rings is 1. The van der Waals surface area contributed by atoms with Crippen LogP contribution in [0.2, 0.25) is 0 Å². The highest BCUT2D eigenvalue weighted by atomic mass is 16.6. The van der Waals surface area contributed by atoms with Gasteiger partial charge in [0.05, 0.1) is 6.61 Å². The zero-order chi connectivity index (χ0) is 16.8. The SMILES string of the molecule is CCCc1nonc1NC(=O)C1CN(Cc2ccccc2)CCO1. The van der Waals surface area contributed by atoms with E-state index in [-0.39, 0.29) is 5.91 Å². The maximum Gasteiger partial charge on any atom is 0.256 e. The molecule has 1 unspecified atom stereocenters. The lowest BCUT2D eigenvalue weighted by atomic mass is 10.2. The molecule has 0 bridgehead atoms. The molecule has 1 aromatic carbocycles. The molecule has 128 valence electrons. The number of aryl methyl sites for hydroxylation is 1. The molecule has 0 saturated carbocycles. The normalized spacial score (nSPS) is 18.5. The molecule has 1 aliphatic rings. The summed E-state index contributed by atoms with van der Waals surface area (Å²) in [5, 5.41) is 10.4. The van der Waals surface area contributed by atoms with E-state index in [0.29, 0.717) is 31.1 Å². The highest BCUT2D eigenvalue weighted by Crippen LogP contribution is 2.15. The van der Waals surface area contributed by atoms with Gasteiger partial charge in [-0.3, -0.25) is 9.69 Å². The van der Waals surface area contributed by atoms with Gasteiger partial charge in [-0.05, 0) is 17.1 Å². The third kappa shape index (κ3) is 4.18. The fourth-order valence-corrected chi connectivity index (χ4v) is 2.75. The van der Waals surface area contributed by atoms with Crippen LogP contribution < -0.4 is 5.32 Å². The number of rotatable bonds is 6. The summed E-state index contributed by atoms with van der Waals surface area (Å²) in [6.07, 6.45) is 1.10. The molecule has 1 fully saturated rings. The Kier molecular flexibility index (Phi) is 5.55. The molecule has 1 aliphatic heterocycles. The minimum Gasteiger partial charge on any atom is -0.366 e. The Balaban J connectivity index is 1.57. The number of nitrogens with one attached hydrogen (secondary N) is 1. The van der Waals surface area contributed by atoms with Crippen LogP contribution in [-0.2, 0) is 22.5 Å². The molecule has 7 heteroatoms. The van der Waals surface area contributed by atoms with Gasteiger partial charge >= 0.3 is 0 Å². The van der Waals surface area contributed by atoms with E-state index in [4.69, 9.17) is 9.37 Å². The molecule has 1 N–H and O–H groups in total. The number of amides is 1. The fourth-order valence-electron chi connectivity index (χ4n) is 2.75. The third-order valence-electron chi connectivity index (χ3n) is 3.98. The fraction of sp³-hybridized carbons (Fsp3) is 0.471. The zero-order valence-corrected chi connectivity index (χ0v) is 13.8. The van der Waals surface area contributed by atoms with Gasteiger partial charge in [-0.1, -0.05) is 48.8 Å². The highest BCUT2D eigenvalue weighted by Gasteiger charge is 2.28. The van der Waals surface area contributed by atoms with E-state index >= 15 is 0 Å². The average molecular weight is 330 g/mol. The number of anilines is 1. The Bertz CT molecular complexity index is 659. The molecule has 0 spiro atoms. The Morgan fingerprint density at radius 2 is 2.17 bits per heavy atom. The van der Waals surface area contributed by atoms with E-state index in [9.17, 15) is 4.79 Å². The molecule has 0 radical (unpaired) electrons. The second-order valence-corrected chi connectivity index (χ2v) is 5.88. The van der Waals surface area contributed by atoms with Gasteiger partial charge in [0, 0.05) is 19.6 Å². The minimum absolute atomic E-state index is 0.208. The second-order valence-electron chi connectivity index (χ2n) is 5.88. The van der Waals surface area contributed by atoms with Crippen molar-refractivity contribution in [3.63, 3.8) is 0 Å². The minimum atomic E-state index is -0.520. The standard InChI is InChI=1S/C17H22N4O3/c1-2-6-14-16(20-24-19-14)18-17(22)15-12-21(9-10-23-15)11-13-7-4-3-5-8-13/h3-5,7-8,15H,2,6,9-12H2,1H3,(H,18,20,22). The van der Waals surface area contributed by atoms with Crippen molar-refractivity contribution in [3.05, 3.63) is 41.6 Å². The molecule has 1 aromatic heterocycles. The van der Waals surface area contributed by atoms with E-state index in [1.165, 1.54) is 5.56 Å². The molecule has 2 heterocycles. The largest absolute Gasteiger partial charge is 0.366 e. The molecule has 7 nitrogen and oxygen atoms in total. The van der Waals surface area contributed by atoms with Crippen molar-refractivity contribution in [1.29, 1.82) is 0 Å². The quantitative estimate of drug-likeness (QED) is 0.871. The van der Waals surface area contributed by atoms with E-state index in [2.05, 4.69) is 32.7 Å². The zero-order valence-electron chi connectivity index (χ0n) is 13.8. The summed E-state index contributed by atoms with van der Waals surface area (Å²) >= 11 is 0. The lowest BCUT2D eigenvalue weighted by molar-refractivity contribution is -0.133. The maximum absolute atomic E-state index is 12.4. The van der Waals surface area contributed by atoms with Gasteiger partial charge in [-0.2, -0.15) is 0 Å². The molecule has 0 aliphatic carbocycles. The molecule has 3 rings (SSSR count). The molecular weight excluding hydrogens is 308 g/mol. The average Bonchev–Trinajstić information content (AvgIpc) is 3.03. The summed E-state index contributed by atoms with van der Waals surface area (Å²) in [6.45, 7) is 4.73. The molecule has 1 atom stereocenters. The number of nitrogens with zero attached hydrogens (tertiary/aromatic N) is 3. The first-order valence-electron chi connectivity index (χ1n) is 8.26. The summed E-state index contributed by atoms with van der Waals surface area (Å²) in [6, 6.07) is 10.2. The smallest absolute Gasteiger partial charge is 0.256 e. The van der Waals surface area contributed by atoms with Crippen molar-refractivity contribution in [2.45, 2.75) is 32.4 Å². The lowest BCUT2D eigenvalue weighted by Crippen LogP contribution is -2.47. The van der Waals surface area contributed by atoms with Gasteiger partial charge in [0.25, 0.3) is 5.91 Å². The molecule has 24 heavy (non-hydrogen) atoms. The Labute approximate surface area is 140 Å². The van der Waals surface area contributed by atoms with Crippen molar-refractivity contribution < 1.29 is 14.2 Å². The molecule has 1 amide bonds. The van der Waals surface area contributed by atoms with Crippen LogP contribution in [0, 0.1) is 0 Å². The van der Waals surface area contributed by atoms with Crippen molar-refractivity contribution in [2.24, 2.45) is 0 Å². The Morgan fingerprint density at radius 1 is 1.33 bits per heavy atom. The van der Waals surface area contributed by atoms with E-state index in [1.54, 1.807) is 0 Å². The first kappa shape index (κ1) is 16.6. The molecule has 2 aromatic rings. The van der Waals surface area contributed by atoms with Gasteiger partial charge in [0.15, 0.2) is 0 Å². The van der Waals surface area contributed by atoms with E-state index < -0.39 is 6.10 Å². The van der Waals surface area contributed by atoms with Crippen LogP contribution in [0.1, 0.15) is 24.6 Å². The summed E-state index contributed by atoms with van der Waals surface area (Å²) in [5.41, 5.74) is 1.90. The van der Waals surface area contributed by atoms with Crippen LogP contribution >= 0.6 is 0 Å². The van der Waals surface area contributed by atoms with Gasteiger partial charge in [-0.15, -0.1) is 0 Å². The van der Waals surface area contributed by atoms with Crippen LogP contribution in [-0.4, -0.2) is 46.9 Å². The van der Waals surface area contributed by atoms with Crippen molar-refractivity contribution >= 4 is 11.7 Å². The topological polar surface area (TPSA) is 80.5 Å². The highest BCUT2D eigenvalue weighted by molar-refractivity contribution is 5.93. The Hall–Kier alpha value is -2.25. The van der Waals surface area contributed by atoms with Crippen LogP contribution in [0.3, 0.4) is 0 Å². The lowest BCUT2D eigenvalue weighted by Gasteiger charge is -2.32. The van der Waals surface area contributed by atoms with Crippen LogP contribution in [0.5, 0.6) is 0 Å². The van der Waals surface area contributed by atoms with Crippen LogP contribution in [0.15, 0.2) is 35.0 Å². The molecular formula is C17H22N4O3. The number of aromatic nitrogens is 2. The second kappa shape index (κ2) is 8.03. The molecule has 1 saturated heterocycles. The predicted molar refractivity (Wildman–Crippen MR) is 88.4 cm³/mol. The van der Waals surface area contributed by atoms with Crippen molar-refractivity contribution in [2.75, 3.05) is 25.0 Å². The van der Waals surface area contributed by atoms with Crippen molar-refractivity contribution in [1.82, 2.24) is 15.2 Å². The van der Waals surface area contributed by atoms with Crippen molar-refractivity contribution in [3.8, 4) is 0 Å².